The zero-order valence-corrected chi connectivity index (χ0v) is 8.41. The molecule has 0 aromatic carbocycles. The molecule has 0 atom stereocenters. The van der Waals surface area contributed by atoms with Gasteiger partial charge in [-0.2, -0.15) is 0 Å². The summed E-state index contributed by atoms with van der Waals surface area (Å²) in [7, 11) is 0. The van der Waals surface area contributed by atoms with Gasteiger partial charge >= 0.3 is 0 Å². The first-order chi connectivity index (χ1) is 6.66. The predicted molar refractivity (Wildman–Crippen MR) is 52.5 cm³/mol. The van der Waals surface area contributed by atoms with E-state index in [0.717, 1.165) is 17.1 Å². The van der Waals surface area contributed by atoms with Gasteiger partial charge in [-0.25, -0.2) is 0 Å². The molecule has 0 spiro atoms. The number of ether oxygens (including phenoxy) is 1. The van der Waals surface area contributed by atoms with E-state index >= 15 is 0 Å². The van der Waals surface area contributed by atoms with Crippen LogP contribution in [0.15, 0.2) is 12.1 Å². The maximum absolute atomic E-state index is 11.1. The minimum absolute atomic E-state index is 0.103. The van der Waals surface area contributed by atoms with Crippen molar-refractivity contribution >= 4 is 5.78 Å². The van der Waals surface area contributed by atoms with E-state index in [1.807, 2.05) is 12.1 Å². The van der Waals surface area contributed by atoms with Gasteiger partial charge in [0.15, 0.2) is 5.78 Å². The average molecular weight is 191 g/mol. The van der Waals surface area contributed by atoms with Gasteiger partial charge in [0.1, 0.15) is 12.4 Å². The fourth-order valence-electron chi connectivity index (χ4n) is 1.48. The number of fused-ring (bicyclic) bond motifs is 1. The van der Waals surface area contributed by atoms with Crippen LogP contribution in [0.2, 0.25) is 0 Å². The summed E-state index contributed by atoms with van der Waals surface area (Å²) < 4.78 is 5.26. The van der Waals surface area contributed by atoms with Gasteiger partial charge in [-0.1, -0.05) is 13.8 Å². The number of hydrogen-bond donors (Lipinski definition) is 0. The Balaban J connectivity index is 2.37. The normalized spacial score (nSPS) is 15.2. The molecule has 3 nitrogen and oxygen atoms in total. The number of pyridine rings is 1. The first-order valence-electron chi connectivity index (χ1n) is 4.81. The van der Waals surface area contributed by atoms with Crippen LogP contribution in [-0.2, 0) is 11.2 Å². The standard InChI is InChI=1S/C11H13NO2/c1-7(2)9-3-4-11-10(12-9)5-8(13)6-14-11/h3-4,7H,5-6H2,1-2H3. The van der Waals surface area contributed by atoms with Crippen molar-refractivity contribution in [1.82, 2.24) is 4.98 Å². The second-order valence-electron chi connectivity index (χ2n) is 3.84. The van der Waals surface area contributed by atoms with E-state index in [1.54, 1.807) is 0 Å². The van der Waals surface area contributed by atoms with Crippen LogP contribution < -0.4 is 4.74 Å². The Morgan fingerprint density at radius 1 is 1.43 bits per heavy atom. The van der Waals surface area contributed by atoms with E-state index in [9.17, 15) is 4.79 Å². The second kappa shape index (κ2) is 3.40. The third-order valence-corrected chi connectivity index (χ3v) is 2.30. The van der Waals surface area contributed by atoms with E-state index in [2.05, 4.69) is 18.8 Å². The average Bonchev–Trinajstić information content (AvgIpc) is 2.16. The highest BCUT2D eigenvalue weighted by molar-refractivity contribution is 5.83. The van der Waals surface area contributed by atoms with Crippen molar-refractivity contribution in [2.45, 2.75) is 26.2 Å². The highest BCUT2D eigenvalue weighted by Crippen LogP contribution is 2.23. The molecule has 0 bridgehead atoms. The van der Waals surface area contributed by atoms with Gasteiger partial charge < -0.3 is 4.74 Å². The lowest BCUT2D eigenvalue weighted by atomic mass is 10.1. The molecule has 0 radical (unpaired) electrons. The Morgan fingerprint density at radius 2 is 2.21 bits per heavy atom. The molecule has 1 aromatic rings. The number of carbonyl (C=O) groups is 1. The Bertz CT molecular complexity index is 372. The molecule has 1 aromatic heterocycles. The maximum Gasteiger partial charge on any atom is 0.176 e. The molecule has 0 amide bonds. The van der Waals surface area contributed by atoms with Gasteiger partial charge in [-0.15, -0.1) is 0 Å². The summed E-state index contributed by atoms with van der Waals surface area (Å²) in [5.74, 6) is 1.25. The van der Waals surface area contributed by atoms with E-state index < -0.39 is 0 Å². The Labute approximate surface area is 83.1 Å². The largest absolute Gasteiger partial charge is 0.484 e. The monoisotopic (exact) mass is 191 g/mol. The van der Waals surface area contributed by atoms with Crippen molar-refractivity contribution in [3.05, 3.63) is 23.5 Å². The van der Waals surface area contributed by atoms with Crippen molar-refractivity contribution in [1.29, 1.82) is 0 Å². The minimum Gasteiger partial charge on any atom is -0.484 e. The van der Waals surface area contributed by atoms with Crippen molar-refractivity contribution in [3.63, 3.8) is 0 Å². The highest BCUT2D eigenvalue weighted by Gasteiger charge is 2.18. The molecule has 3 heteroatoms. The van der Waals surface area contributed by atoms with Crippen LogP contribution in [-0.4, -0.2) is 17.4 Å². The van der Waals surface area contributed by atoms with E-state index in [4.69, 9.17) is 4.74 Å². The fourth-order valence-corrected chi connectivity index (χ4v) is 1.48. The molecule has 1 aliphatic heterocycles. The van der Waals surface area contributed by atoms with Crippen molar-refractivity contribution in [2.24, 2.45) is 0 Å². The quantitative estimate of drug-likeness (QED) is 0.678. The van der Waals surface area contributed by atoms with Gasteiger partial charge in [-0.05, 0) is 18.1 Å². The summed E-state index contributed by atoms with van der Waals surface area (Å²) in [5, 5.41) is 0. The van der Waals surface area contributed by atoms with Crippen molar-refractivity contribution in [2.75, 3.05) is 6.61 Å². The van der Waals surface area contributed by atoms with E-state index in [1.165, 1.54) is 0 Å². The molecular formula is C11H13NO2. The molecule has 0 aliphatic carbocycles. The number of rotatable bonds is 1. The number of Topliss-reactive ketones (excluding diaryl/α,β-unsaturated/α-hetero) is 1. The molecule has 0 fully saturated rings. The smallest absolute Gasteiger partial charge is 0.176 e. The Hall–Kier alpha value is -1.38. The van der Waals surface area contributed by atoms with E-state index in [0.29, 0.717) is 12.3 Å². The first-order valence-corrected chi connectivity index (χ1v) is 4.81. The van der Waals surface area contributed by atoms with Gasteiger partial charge in [0.2, 0.25) is 0 Å². The zero-order valence-electron chi connectivity index (χ0n) is 8.41. The van der Waals surface area contributed by atoms with Gasteiger partial charge in [-0.3, -0.25) is 9.78 Å². The van der Waals surface area contributed by atoms with Gasteiger partial charge in [0, 0.05) is 5.69 Å². The summed E-state index contributed by atoms with van der Waals surface area (Å²) >= 11 is 0. The third kappa shape index (κ3) is 1.62. The maximum atomic E-state index is 11.1. The molecule has 0 saturated carbocycles. The predicted octanol–water partition coefficient (Wildman–Crippen LogP) is 1.71. The summed E-state index contributed by atoms with van der Waals surface area (Å²) in [5.41, 5.74) is 1.80. The van der Waals surface area contributed by atoms with Crippen molar-refractivity contribution < 1.29 is 9.53 Å². The lowest BCUT2D eigenvalue weighted by Gasteiger charge is -2.16. The van der Waals surface area contributed by atoms with Crippen LogP contribution >= 0.6 is 0 Å². The summed E-state index contributed by atoms with van der Waals surface area (Å²) in [6, 6.07) is 3.86. The number of carbonyl (C=O) groups excluding carboxylic acids is 1. The topological polar surface area (TPSA) is 39.2 Å². The minimum atomic E-state index is 0.103. The molecular weight excluding hydrogens is 178 g/mol. The molecule has 0 N–H and O–H groups in total. The molecule has 74 valence electrons. The van der Waals surface area contributed by atoms with Crippen LogP contribution in [0.4, 0.5) is 0 Å². The van der Waals surface area contributed by atoms with Crippen LogP contribution in [0.25, 0.3) is 0 Å². The van der Waals surface area contributed by atoms with Crippen molar-refractivity contribution in [3.8, 4) is 5.75 Å². The molecule has 1 aliphatic rings. The zero-order chi connectivity index (χ0) is 10.1. The Kier molecular flexibility index (Phi) is 2.23. The summed E-state index contributed by atoms with van der Waals surface area (Å²) in [4.78, 5) is 15.6. The molecule has 14 heavy (non-hydrogen) atoms. The van der Waals surface area contributed by atoms with Crippen LogP contribution in [0.1, 0.15) is 31.2 Å². The van der Waals surface area contributed by atoms with E-state index in [-0.39, 0.29) is 12.4 Å². The molecule has 0 unspecified atom stereocenters. The lowest BCUT2D eigenvalue weighted by Crippen LogP contribution is -2.21. The summed E-state index contributed by atoms with van der Waals surface area (Å²) in [6.07, 6.45) is 0.413. The SMILES string of the molecule is CC(C)c1ccc2c(n1)CC(=O)CO2. The number of aromatic nitrogens is 1. The number of nitrogens with zero attached hydrogens (tertiary/aromatic N) is 1. The van der Waals surface area contributed by atoms with Gasteiger partial charge in [0.25, 0.3) is 0 Å². The fraction of sp³-hybridized carbons (Fsp3) is 0.455. The first kappa shape index (κ1) is 9.19. The van der Waals surface area contributed by atoms with Gasteiger partial charge in [0.05, 0.1) is 12.1 Å². The molecule has 2 heterocycles. The van der Waals surface area contributed by atoms with Crippen LogP contribution in [0.3, 0.4) is 0 Å². The number of ketones is 1. The van der Waals surface area contributed by atoms with Crippen LogP contribution in [0.5, 0.6) is 5.75 Å². The third-order valence-electron chi connectivity index (χ3n) is 2.30. The second-order valence-corrected chi connectivity index (χ2v) is 3.84. The van der Waals surface area contributed by atoms with Crippen LogP contribution in [0, 0.1) is 0 Å². The number of hydrogen-bond acceptors (Lipinski definition) is 3. The molecule has 2 rings (SSSR count). The Morgan fingerprint density at radius 3 is 2.93 bits per heavy atom. The molecule has 0 saturated heterocycles. The summed E-state index contributed by atoms with van der Waals surface area (Å²) in [6.45, 7) is 4.36. The lowest BCUT2D eigenvalue weighted by molar-refractivity contribution is -0.121. The highest BCUT2D eigenvalue weighted by atomic mass is 16.5.